The standard InChI is InChI=1S/C14H21N3O3/c1-3-20-14(19)17-7-4-6-16(9-10-17)13(18)12-5-8-15(2)11-12/h5,8,11H,3-4,6-7,9-10H2,1-2H3. The Morgan fingerprint density at radius 2 is 1.90 bits per heavy atom. The van der Waals surface area contributed by atoms with Crippen molar-refractivity contribution in [1.82, 2.24) is 14.4 Å². The van der Waals surface area contributed by atoms with Crippen LogP contribution >= 0.6 is 0 Å². The van der Waals surface area contributed by atoms with Crippen LogP contribution in [0.15, 0.2) is 18.5 Å². The Hall–Kier alpha value is -1.98. The summed E-state index contributed by atoms with van der Waals surface area (Å²) in [6.07, 6.45) is 4.16. The lowest BCUT2D eigenvalue weighted by Gasteiger charge is -2.21. The van der Waals surface area contributed by atoms with E-state index in [1.54, 1.807) is 16.7 Å². The van der Waals surface area contributed by atoms with Crippen molar-refractivity contribution in [3.8, 4) is 0 Å². The van der Waals surface area contributed by atoms with Crippen LogP contribution in [0.3, 0.4) is 0 Å². The smallest absolute Gasteiger partial charge is 0.409 e. The third-order valence-electron chi connectivity index (χ3n) is 3.39. The molecule has 0 spiro atoms. The lowest BCUT2D eigenvalue weighted by molar-refractivity contribution is 0.0753. The van der Waals surface area contributed by atoms with E-state index >= 15 is 0 Å². The van der Waals surface area contributed by atoms with E-state index in [2.05, 4.69) is 0 Å². The van der Waals surface area contributed by atoms with Crippen molar-refractivity contribution in [2.75, 3.05) is 32.8 Å². The fourth-order valence-corrected chi connectivity index (χ4v) is 2.33. The predicted molar refractivity (Wildman–Crippen MR) is 74.5 cm³/mol. The topological polar surface area (TPSA) is 54.8 Å². The van der Waals surface area contributed by atoms with Gasteiger partial charge in [0.25, 0.3) is 5.91 Å². The Balaban J connectivity index is 1.95. The average Bonchev–Trinajstić information content (AvgIpc) is 2.72. The highest BCUT2D eigenvalue weighted by Gasteiger charge is 2.23. The Kier molecular flexibility index (Phi) is 4.65. The zero-order valence-corrected chi connectivity index (χ0v) is 12.0. The summed E-state index contributed by atoms with van der Waals surface area (Å²) in [5.41, 5.74) is 0.692. The molecule has 1 saturated heterocycles. The Labute approximate surface area is 118 Å². The molecule has 1 aliphatic heterocycles. The third-order valence-corrected chi connectivity index (χ3v) is 3.39. The van der Waals surface area contributed by atoms with Crippen LogP contribution in [0.2, 0.25) is 0 Å². The molecule has 0 aliphatic carbocycles. The number of nitrogens with zero attached hydrogens (tertiary/aromatic N) is 3. The molecule has 1 aliphatic rings. The first kappa shape index (κ1) is 14.4. The summed E-state index contributed by atoms with van der Waals surface area (Å²) in [6.45, 7) is 4.55. The van der Waals surface area contributed by atoms with Gasteiger partial charge < -0.3 is 19.1 Å². The summed E-state index contributed by atoms with van der Waals surface area (Å²) < 4.78 is 6.86. The molecule has 0 N–H and O–H groups in total. The fraction of sp³-hybridized carbons (Fsp3) is 0.571. The SMILES string of the molecule is CCOC(=O)N1CCCN(C(=O)c2ccn(C)c2)CC1. The maximum atomic E-state index is 12.3. The minimum atomic E-state index is -0.290. The summed E-state index contributed by atoms with van der Waals surface area (Å²) in [5, 5.41) is 0. The van der Waals surface area contributed by atoms with Crippen LogP contribution in [0.4, 0.5) is 4.79 Å². The largest absolute Gasteiger partial charge is 0.450 e. The van der Waals surface area contributed by atoms with Gasteiger partial charge in [-0.15, -0.1) is 0 Å². The number of carbonyl (C=O) groups is 2. The van der Waals surface area contributed by atoms with Crippen LogP contribution in [0.25, 0.3) is 0 Å². The molecule has 0 unspecified atom stereocenters. The number of carbonyl (C=O) groups excluding carboxylic acids is 2. The van der Waals surface area contributed by atoms with E-state index in [0.717, 1.165) is 6.42 Å². The van der Waals surface area contributed by atoms with Crippen LogP contribution < -0.4 is 0 Å². The normalized spacial score (nSPS) is 15.9. The average molecular weight is 279 g/mol. The molecule has 0 radical (unpaired) electrons. The van der Waals surface area contributed by atoms with Gasteiger partial charge in [-0.05, 0) is 19.4 Å². The molecule has 0 aromatic carbocycles. The summed E-state index contributed by atoms with van der Waals surface area (Å²) in [5.74, 6) is 0.0244. The monoisotopic (exact) mass is 279 g/mol. The molecule has 6 heteroatoms. The molecule has 20 heavy (non-hydrogen) atoms. The minimum Gasteiger partial charge on any atom is -0.450 e. The third kappa shape index (κ3) is 3.31. The van der Waals surface area contributed by atoms with Crippen LogP contribution in [-0.2, 0) is 11.8 Å². The number of ether oxygens (including phenoxy) is 1. The molecule has 110 valence electrons. The number of amides is 2. The number of hydrogen-bond acceptors (Lipinski definition) is 3. The first-order chi connectivity index (χ1) is 9.61. The van der Waals surface area contributed by atoms with E-state index in [-0.39, 0.29) is 12.0 Å². The van der Waals surface area contributed by atoms with Crippen molar-refractivity contribution in [3.05, 3.63) is 24.0 Å². The maximum Gasteiger partial charge on any atom is 0.409 e. The van der Waals surface area contributed by atoms with Gasteiger partial charge >= 0.3 is 6.09 Å². The molecule has 6 nitrogen and oxygen atoms in total. The van der Waals surface area contributed by atoms with E-state index in [1.807, 2.05) is 30.1 Å². The maximum absolute atomic E-state index is 12.3. The van der Waals surface area contributed by atoms with Gasteiger partial charge in [-0.3, -0.25) is 4.79 Å². The number of aryl methyl sites for hydroxylation is 1. The van der Waals surface area contributed by atoms with Gasteiger partial charge in [-0.25, -0.2) is 4.79 Å². The van der Waals surface area contributed by atoms with Gasteiger partial charge in [0.1, 0.15) is 0 Å². The van der Waals surface area contributed by atoms with Gasteiger partial charge in [-0.2, -0.15) is 0 Å². The van der Waals surface area contributed by atoms with Crippen LogP contribution in [0.5, 0.6) is 0 Å². The molecule has 1 aromatic heterocycles. The van der Waals surface area contributed by atoms with Crippen LogP contribution in [0.1, 0.15) is 23.7 Å². The minimum absolute atomic E-state index is 0.0244. The second kappa shape index (κ2) is 6.45. The zero-order chi connectivity index (χ0) is 14.5. The van der Waals surface area contributed by atoms with Crippen molar-refractivity contribution in [1.29, 1.82) is 0 Å². The van der Waals surface area contributed by atoms with Crippen molar-refractivity contribution in [3.63, 3.8) is 0 Å². The molecule has 0 atom stereocenters. The molecule has 2 rings (SSSR count). The number of rotatable bonds is 2. The predicted octanol–water partition coefficient (Wildman–Crippen LogP) is 1.33. The first-order valence-corrected chi connectivity index (χ1v) is 6.94. The molecule has 2 heterocycles. The Morgan fingerprint density at radius 1 is 1.20 bits per heavy atom. The van der Waals surface area contributed by atoms with E-state index in [1.165, 1.54) is 0 Å². The van der Waals surface area contributed by atoms with Crippen LogP contribution in [0, 0.1) is 0 Å². The van der Waals surface area contributed by atoms with Gasteiger partial charge in [-0.1, -0.05) is 0 Å². The van der Waals surface area contributed by atoms with E-state index in [4.69, 9.17) is 4.74 Å². The first-order valence-electron chi connectivity index (χ1n) is 6.94. The highest BCUT2D eigenvalue weighted by Crippen LogP contribution is 2.10. The van der Waals surface area contributed by atoms with Crippen molar-refractivity contribution in [2.45, 2.75) is 13.3 Å². The van der Waals surface area contributed by atoms with Crippen molar-refractivity contribution >= 4 is 12.0 Å². The molecular formula is C14H21N3O3. The fourth-order valence-electron chi connectivity index (χ4n) is 2.33. The van der Waals surface area contributed by atoms with E-state index in [0.29, 0.717) is 38.3 Å². The molecule has 0 saturated carbocycles. The van der Waals surface area contributed by atoms with Gasteiger partial charge in [0.2, 0.25) is 0 Å². The van der Waals surface area contributed by atoms with E-state index < -0.39 is 0 Å². The molecule has 2 amide bonds. The second-order valence-electron chi connectivity index (χ2n) is 4.90. The summed E-state index contributed by atoms with van der Waals surface area (Å²) >= 11 is 0. The molecule has 1 fully saturated rings. The van der Waals surface area contributed by atoms with Crippen LogP contribution in [-0.4, -0.2) is 59.2 Å². The van der Waals surface area contributed by atoms with E-state index in [9.17, 15) is 9.59 Å². The van der Waals surface area contributed by atoms with Gasteiger partial charge in [0.05, 0.1) is 12.2 Å². The number of aromatic nitrogens is 1. The lowest BCUT2D eigenvalue weighted by Crippen LogP contribution is -2.37. The van der Waals surface area contributed by atoms with Gasteiger partial charge in [0.15, 0.2) is 0 Å². The summed E-state index contributed by atoms with van der Waals surface area (Å²) in [7, 11) is 1.89. The molecular weight excluding hydrogens is 258 g/mol. The second-order valence-corrected chi connectivity index (χ2v) is 4.90. The Morgan fingerprint density at radius 3 is 2.55 bits per heavy atom. The summed E-state index contributed by atoms with van der Waals surface area (Å²) in [6, 6.07) is 1.82. The molecule has 0 bridgehead atoms. The lowest BCUT2D eigenvalue weighted by atomic mass is 10.3. The van der Waals surface area contributed by atoms with Crippen molar-refractivity contribution in [2.24, 2.45) is 7.05 Å². The highest BCUT2D eigenvalue weighted by atomic mass is 16.6. The van der Waals surface area contributed by atoms with Gasteiger partial charge in [0, 0.05) is 45.6 Å². The Bertz CT molecular complexity index is 484. The number of hydrogen-bond donors (Lipinski definition) is 0. The molecule has 1 aromatic rings. The highest BCUT2D eigenvalue weighted by molar-refractivity contribution is 5.94. The van der Waals surface area contributed by atoms with Crippen molar-refractivity contribution < 1.29 is 14.3 Å². The zero-order valence-electron chi connectivity index (χ0n) is 12.0. The quantitative estimate of drug-likeness (QED) is 0.820. The summed E-state index contributed by atoms with van der Waals surface area (Å²) in [4.78, 5) is 27.5.